The first kappa shape index (κ1) is 19.2. The van der Waals surface area contributed by atoms with Crippen LogP contribution in [-0.2, 0) is 16.1 Å². The summed E-state index contributed by atoms with van der Waals surface area (Å²) >= 11 is 0. The summed E-state index contributed by atoms with van der Waals surface area (Å²) in [5.74, 6) is 0.413. The number of nitrogens with zero attached hydrogens (tertiary/aromatic N) is 3. The van der Waals surface area contributed by atoms with Gasteiger partial charge in [0, 0.05) is 44.0 Å². The standard InChI is InChI=1S/C23H26N4O2/c1-17-8-9-21(24-15-17)25-23(29)19-6-4-12-27(16-19)22(28)11-14-26-13-10-18-5-2-3-7-20(18)26/h2-3,5,7-10,13,15,19H,4,6,11-12,14,16H2,1H3,(H,24,25,29). The highest BCUT2D eigenvalue weighted by Gasteiger charge is 2.28. The third-order valence-corrected chi connectivity index (χ3v) is 5.55. The van der Waals surface area contributed by atoms with Crippen molar-refractivity contribution in [1.29, 1.82) is 0 Å². The van der Waals surface area contributed by atoms with E-state index in [1.807, 2.05) is 36.2 Å². The molecule has 1 unspecified atom stereocenters. The van der Waals surface area contributed by atoms with Crippen LogP contribution in [0.5, 0.6) is 0 Å². The van der Waals surface area contributed by atoms with E-state index < -0.39 is 0 Å². The summed E-state index contributed by atoms with van der Waals surface area (Å²) in [5, 5.41) is 4.06. The number of piperidine rings is 1. The highest BCUT2D eigenvalue weighted by Crippen LogP contribution is 2.20. The molecule has 0 spiro atoms. The third-order valence-electron chi connectivity index (χ3n) is 5.55. The SMILES string of the molecule is Cc1ccc(NC(=O)C2CCCN(C(=O)CCn3ccc4ccccc43)C2)nc1. The number of benzene rings is 1. The van der Waals surface area contributed by atoms with Gasteiger partial charge in [-0.3, -0.25) is 9.59 Å². The van der Waals surface area contributed by atoms with Crippen molar-refractivity contribution in [2.75, 3.05) is 18.4 Å². The summed E-state index contributed by atoms with van der Waals surface area (Å²) in [5.41, 5.74) is 2.19. The summed E-state index contributed by atoms with van der Waals surface area (Å²) in [7, 11) is 0. The molecule has 1 saturated heterocycles. The van der Waals surface area contributed by atoms with Crippen LogP contribution in [0.3, 0.4) is 0 Å². The number of fused-ring (bicyclic) bond motifs is 1. The van der Waals surface area contributed by atoms with Crippen molar-refractivity contribution < 1.29 is 9.59 Å². The molecule has 1 fully saturated rings. The van der Waals surface area contributed by atoms with Crippen molar-refractivity contribution in [2.24, 2.45) is 5.92 Å². The lowest BCUT2D eigenvalue weighted by Crippen LogP contribution is -2.44. The number of nitrogens with one attached hydrogen (secondary N) is 1. The molecule has 29 heavy (non-hydrogen) atoms. The van der Waals surface area contributed by atoms with Gasteiger partial charge in [-0.15, -0.1) is 0 Å². The van der Waals surface area contributed by atoms with E-state index in [-0.39, 0.29) is 17.7 Å². The van der Waals surface area contributed by atoms with Gasteiger partial charge in [-0.05, 0) is 48.9 Å². The van der Waals surface area contributed by atoms with Gasteiger partial charge < -0.3 is 14.8 Å². The van der Waals surface area contributed by atoms with E-state index in [0.29, 0.717) is 25.3 Å². The Kier molecular flexibility index (Phi) is 5.60. The molecule has 4 rings (SSSR count). The second-order valence-electron chi connectivity index (χ2n) is 7.71. The number of carbonyl (C=O) groups excluding carboxylic acids is 2. The lowest BCUT2D eigenvalue weighted by Gasteiger charge is -2.32. The van der Waals surface area contributed by atoms with Gasteiger partial charge in [-0.1, -0.05) is 24.3 Å². The van der Waals surface area contributed by atoms with Crippen molar-refractivity contribution in [2.45, 2.75) is 32.7 Å². The molecule has 150 valence electrons. The van der Waals surface area contributed by atoms with Gasteiger partial charge in [0.15, 0.2) is 0 Å². The first-order chi connectivity index (χ1) is 14.1. The fourth-order valence-corrected chi connectivity index (χ4v) is 3.90. The second kappa shape index (κ2) is 8.47. The number of likely N-dealkylation sites (tertiary alicyclic amines) is 1. The van der Waals surface area contributed by atoms with Crippen LogP contribution in [0.15, 0.2) is 54.9 Å². The molecule has 1 N–H and O–H groups in total. The smallest absolute Gasteiger partial charge is 0.230 e. The Bertz CT molecular complexity index is 1010. The van der Waals surface area contributed by atoms with Crippen LogP contribution in [0.2, 0.25) is 0 Å². The summed E-state index contributed by atoms with van der Waals surface area (Å²) in [6.45, 7) is 3.80. The van der Waals surface area contributed by atoms with E-state index in [9.17, 15) is 9.59 Å². The number of aryl methyl sites for hydroxylation is 2. The monoisotopic (exact) mass is 390 g/mol. The Hall–Kier alpha value is -3.15. The number of hydrogen-bond donors (Lipinski definition) is 1. The van der Waals surface area contributed by atoms with Gasteiger partial charge in [0.05, 0.1) is 5.92 Å². The Balaban J connectivity index is 1.33. The molecule has 1 atom stereocenters. The lowest BCUT2D eigenvalue weighted by molar-refractivity contribution is -0.134. The zero-order chi connectivity index (χ0) is 20.2. The highest BCUT2D eigenvalue weighted by atomic mass is 16.2. The van der Waals surface area contributed by atoms with Crippen LogP contribution in [0, 0.1) is 12.8 Å². The maximum absolute atomic E-state index is 12.8. The van der Waals surface area contributed by atoms with E-state index in [2.05, 4.69) is 33.1 Å². The summed E-state index contributed by atoms with van der Waals surface area (Å²) in [6, 6.07) is 14.0. The minimum atomic E-state index is -0.191. The van der Waals surface area contributed by atoms with Gasteiger partial charge in [-0.25, -0.2) is 4.98 Å². The minimum Gasteiger partial charge on any atom is -0.347 e. The number of hydrogen-bond acceptors (Lipinski definition) is 3. The predicted octanol–water partition coefficient (Wildman–Crippen LogP) is 3.61. The Morgan fingerprint density at radius 3 is 2.86 bits per heavy atom. The molecule has 0 bridgehead atoms. The molecule has 0 aliphatic carbocycles. The summed E-state index contributed by atoms with van der Waals surface area (Å²) < 4.78 is 2.12. The summed E-state index contributed by atoms with van der Waals surface area (Å²) in [4.78, 5) is 31.5. The quantitative estimate of drug-likeness (QED) is 0.724. The largest absolute Gasteiger partial charge is 0.347 e. The van der Waals surface area contributed by atoms with Gasteiger partial charge in [0.2, 0.25) is 11.8 Å². The maximum atomic E-state index is 12.8. The molecule has 1 aliphatic heterocycles. The number of pyridine rings is 1. The lowest BCUT2D eigenvalue weighted by atomic mass is 9.97. The van der Waals surface area contributed by atoms with Crippen molar-refractivity contribution in [3.63, 3.8) is 0 Å². The highest BCUT2D eigenvalue weighted by molar-refractivity contribution is 5.92. The molecule has 0 radical (unpaired) electrons. The first-order valence-corrected chi connectivity index (χ1v) is 10.2. The average Bonchev–Trinajstić information content (AvgIpc) is 3.17. The molecular weight excluding hydrogens is 364 g/mol. The summed E-state index contributed by atoms with van der Waals surface area (Å²) in [6.07, 6.45) is 5.84. The molecule has 3 aromatic rings. The number of carbonyl (C=O) groups is 2. The van der Waals surface area contributed by atoms with Gasteiger partial charge in [-0.2, -0.15) is 0 Å². The van der Waals surface area contributed by atoms with Crippen LogP contribution < -0.4 is 5.32 Å². The number of amides is 2. The van der Waals surface area contributed by atoms with E-state index in [0.717, 1.165) is 30.5 Å². The molecule has 2 aromatic heterocycles. The topological polar surface area (TPSA) is 67.2 Å². The van der Waals surface area contributed by atoms with Crippen LogP contribution in [0.4, 0.5) is 5.82 Å². The van der Waals surface area contributed by atoms with Crippen LogP contribution >= 0.6 is 0 Å². The molecule has 3 heterocycles. The van der Waals surface area contributed by atoms with E-state index in [1.165, 1.54) is 5.39 Å². The molecule has 6 nitrogen and oxygen atoms in total. The average molecular weight is 390 g/mol. The second-order valence-corrected chi connectivity index (χ2v) is 7.71. The molecule has 0 saturated carbocycles. The van der Waals surface area contributed by atoms with Crippen molar-refractivity contribution in [1.82, 2.24) is 14.5 Å². The molecule has 1 aliphatic rings. The fourth-order valence-electron chi connectivity index (χ4n) is 3.90. The maximum Gasteiger partial charge on any atom is 0.230 e. The number of aromatic nitrogens is 2. The van der Waals surface area contributed by atoms with Crippen molar-refractivity contribution in [3.05, 3.63) is 60.4 Å². The molecule has 2 amide bonds. The first-order valence-electron chi connectivity index (χ1n) is 10.2. The Morgan fingerprint density at radius 1 is 1.17 bits per heavy atom. The zero-order valence-corrected chi connectivity index (χ0v) is 16.7. The van der Waals surface area contributed by atoms with E-state index in [4.69, 9.17) is 0 Å². The Morgan fingerprint density at radius 2 is 2.03 bits per heavy atom. The van der Waals surface area contributed by atoms with Gasteiger partial charge in [0.25, 0.3) is 0 Å². The fraction of sp³-hybridized carbons (Fsp3) is 0.348. The molecular formula is C23H26N4O2. The Labute approximate surface area is 170 Å². The van der Waals surface area contributed by atoms with Crippen molar-refractivity contribution >= 4 is 28.5 Å². The number of anilines is 1. The van der Waals surface area contributed by atoms with Crippen LogP contribution in [0.1, 0.15) is 24.8 Å². The molecule has 1 aromatic carbocycles. The van der Waals surface area contributed by atoms with E-state index >= 15 is 0 Å². The van der Waals surface area contributed by atoms with Crippen LogP contribution in [-0.4, -0.2) is 39.4 Å². The zero-order valence-electron chi connectivity index (χ0n) is 16.7. The molecule has 6 heteroatoms. The van der Waals surface area contributed by atoms with Crippen molar-refractivity contribution in [3.8, 4) is 0 Å². The number of rotatable bonds is 5. The number of para-hydroxylation sites is 1. The normalized spacial score (nSPS) is 16.7. The predicted molar refractivity (Wildman–Crippen MR) is 113 cm³/mol. The van der Waals surface area contributed by atoms with Gasteiger partial charge in [0.1, 0.15) is 5.82 Å². The van der Waals surface area contributed by atoms with Gasteiger partial charge >= 0.3 is 0 Å². The third kappa shape index (κ3) is 4.47. The van der Waals surface area contributed by atoms with Crippen LogP contribution in [0.25, 0.3) is 10.9 Å². The minimum absolute atomic E-state index is 0.0599. The van der Waals surface area contributed by atoms with E-state index in [1.54, 1.807) is 12.3 Å².